The zero-order valence-corrected chi connectivity index (χ0v) is 20.2. The van der Waals surface area contributed by atoms with Crippen LogP contribution in [0.15, 0.2) is 48.5 Å². The number of aliphatic hydroxyl groups is 1. The number of hydrogen-bond donors (Lipinski definition) is 1. The predicted molar refractivity (Wildman–Crippen MR) is 131 cm³/mol. The molecule has 2 aromatic carbocycles. The molecule has 0 bridgehead atoms. The largest absolute Gasteiger partial charge is 0.494 e. The van der Waals surface area contributed by atoms with Crippen molar-refractivity contribution in [2.24, 2.45) is 0 Å². The lowest BCUT2D eigenvalue weighted by molar-refractivity contribution is 0.233. The highest BCUT2D eigenvalue weighted by molar-refractivity contribution is 6.89. The molecule has 1 N–H and O–H groups in total. The molecule has 0 spiro atoms. The summed E-state index contributed by atoms with van der Waals surface area (Å²) in [6, 6.07) is 19.8. The molecule has 0 atom stereocenters. The van der Waals surface area contributed by atoms with Crippen molar-refractivity contribution in [1.29, 1.82) is 0 Å². The monoisotopic (exact) mass is 424 g/mol. The lowest BCUT2D eigenvalue weighted by Crippen LogP contribution is -2.40. The van der Waals surface area contributed by atoms with Crippen molar-refractivity contribution in [3.63, 3.8) is 0 Å². The molecular weight excluding hydrogens is 384 g/mol. The van der Waals surface area contributed by atoms with Crippen molar-refractivity contribution in [3.05, 3.63) is 59.7 Å². The van der Waals surface area contributed by atoms with Crippen molar-refractivity contribution >= 4 is 13.3 Å². The summed E-state index contributed by atoms with van der Waals surface area (Å²) in [6.45, 7) is 8.10. The first-order valence-corrected chi connectivity index (χ1v) is 15.2. The molecule has 1 aliphatic rings. The van der Waals surface area contributed by atoms with Crippen LogP contribution in [0.5, 0.6) is 5.75 Å². The number of unbranched alkanes of at least 4 members (excludes halogenated alkanes) is 1. The van der Waals surface area contributed by atoms with Gasteiger partial charge in [0.2, 0.25) is 0 Å². The summed E-state index contributed by atoms with van der Waals surface area (Å²) >= 11 is 0. The van der Waals surface area contributed by atoms with Crippen molar-refractivity contribution < 1.29 is 9.84 Å². The Morgan fingerprint density at radius 1 is 0.833 bits per heavy atom. The maximum atomic E-state index is 8.86. The average molecular weight is 425 g/mol. The number of hydrogen-bond acceptors (Lipinski definition) is 2. The van der Waals surface area contributed by atoms with Gasteiger partial charge >= 0.3 is 0 Å². The third-order valence-electron chi connectivity index (χ3n) is 6.97. The van der Waals surface area contributed by atoms with E-state index < -0.39 is 8.07 Å². The van der Waals surface area contributed by atoms with Crippen molar-refractivity contribution in [2.45, 2.75) is 82.8 Å². The first kappa shape index (κ1) is 23.1. The summed E-state index contributed by atoms with van der Waals surface area (Å²) in [4.78, 5) is 0. The fraction of sp³-hybridized carbons (Fsp3) is 0.556. The molecule has 3 heteroatoms. The second-order valence-electron chi connectivity index (χ2n) is 9.65. The SMILES string of the molecule is CCCC[Si](C)(C)c1ccc(C2CCC(c3ccc(OCCCO)cc3)CC2)cc1. The molecule has 1 saturated carbocycles. The van der Waals surface area contributed by atoms with Gasteiger partial charge in [0.1, 0.15) is 5.75 Å². The molecule has 1 aliphatic carbocycles. The average Bonchev–Trinajstić information content (AvgIpc) is 2.79. The topological polar surface area (TPSA) is 29.5 Å². The van der Waals surface area contributed by atoms with Crippen molar-refractivity contribution in [2.75, 3.05) is 13.2 Å². The van der Waals surface area contributed by atoms with Crippen LogP contribution in [-0.2, 0) is 0 Å². The van der Waals surface area contributed by atoms with E-state index in [9.17, 15) is 0 Å². The predicted octanol–water partition coefficient (Wildman–Crippen LogP) is 6.60. The second-order valence-corrected chi connectivity index (χ2v) is 14.5. The highest BCUT2D eigenvalue weighted by Crippen LogP contribution is 2.40. The first-order chi connectivity index (χ1) is 14.5. The normalized spacial score (nSPS) is 19.6. The van der Waals surface area contributed by atoms with Gasteiger partial charge in [-0.2, -0.15) is 0 Å². The maximum Gasteiger partial charge on any atom is 0.119 e. The van der Waals surface area contributed by atoms with E-state index in [1.54, 1.807) is 10.8 Å². The Bertz CT molecular complexity index is 743. The van der Waals surface area contributed by atoms with Gasteiger partial charge in [0.15, 0.2) is 0 Å². The fourth-order valence-electron chi connectivity index (χ4n) is 4.82. The van der Waals surface area contributed by atoms with Gasteiger partial charge in [-0.1, -0.05) is 80.5 Å². The van der Waals surface area contributed by atoms with Crippen LogP contribution in [0.2, 0.25) is 19.1 Å². The van der Waals surface area contributed by atoms with E-state index >= 15 is 0 Å². The summed E-state index contributed by atoms with van der Waals surface area (Å²) in [7, 11) is -1.27. The standard InChI is InChI=1S/C27H40O2Si/c1-4-5-21-30(2,3)27-17-13-25(14-18-27)23-9-7-22(8-10-23)24-11-15-26(16-12-24)29-20-6-19-28/h11-18,22-23,28H,4-10,19-21H2,1-3H3. The molecule has 2 aromatic rings. The van der Waals surface area contributed by atoms with Crippen molar-refractivity contribution in [3.8, 4) is 5.75 Å². The van der Waals surface area contributed by atoms with E-state index in [2.05, 4.69) is 68.5 Å². The third-order valence-corrected chi connectivity index (χ3v) is 10.5. The zero-order valence-electron chi connectivity index (χ0n) is 19.2. The molecule has 0 saturated heterocycles. The van der Waals surface area contributed by atoms with Gasteiger partial charge in [0.05, 0.1) is 14.7 Å². The van der Waals surface area contributed by atoms with Crippen molar-refractivity contribution in [1.82, 2.24) is 0 Å². The van der Waals surface area contributed by atoms with Crippen LogP contribution in [0.3, 0.4) is 0 Å². The van der Waals surface area contributed by atoms with Crippen LogP contribution in [0.25, 0.3) is 0 Å². The maximum absolute atomic E-state index is 8.86. The fourth-order valence-corrected chi connectivity index (χ4v) is 7.42. The molecule has 0 aliphatic heterocycles. The van der Waals surface area contributed by atoms with E-state index in [4.69, 9.17) is 9.84 Å². The second kappa shape index (κ2) is 11.2. The Balaban J connectivity index is 1.52. The molecule has 30 heavy (non-hydrogen) atoms. The van der Waals surface area contributed by atoms with E-state index in [0.717, 1.165) is 11.7 Å². The lowest BCUT2D eigenvalue weighted by atomic mass is 9.76. The van der Waals surface area contributed by atoms with Crippen LogP contribution in [0, 0.1) is 0 Å². The van der Waals surface area contributed by atoms with Gasteiger partial charge in [-0.15, -0.1) is 0 Å². The Morgan fingerprint density at radius 3 is 1.87 bits per heavy atom. The van der Waals surface area contributed by atoms with Crippen LogP contribution < -0.4 is 9.92 Å². The number of aliphatic hydroxyl groups excluding tert-OH is 1. The molecule has 0 amide bonds. The van der Waals surface area contributed by atoms with Gasteiger partial charge in [-0.25, -0.2) is 0 Å². The molecule has 1 fully saturated rings. The molecule has 164 valence electrons. The summed E-state index contributed by atoms with van der Waals surface area (Å²) in [6.07, 6.45) is 8.47. The minimum atomic E-state index is -1.27. The summed E-state index contributed by atoms with van der Waals surface area (Å²) in [5, 5.41) is 10.5. The summed E-state index contributed by atoms with van der Waals surface area (Å²) in [5.41, 5.74) is 2.99. The summed E-state index contributed by atoms with van der Waals surface area (Å²) in [5.74, 6) is 2.30. The third kappa shape index (κ3) is 6.21. The van der Waals surface area contributed by atoms with Crippen LogP contribution in [0.4, 0.5) is 0 Å². The van der Waals surface area contributed by atoms with E-state index in [1.807, 2.05) is 0 Å². The molecule has 2 nitrogen and oxygen atoms in total. The molecule has 0 unspecified atom stereocenters. The summed E-state index contributed by atoms with van der Waals surface area (Å²) < 4.78 is 5.66. The van der Waals surface area contributed by atoms with Gasteiger partial charge in [-0.05, 0) is 60.8 Å². The minimum absolute atomic E-state index is 0.183. The quantitative estimate of drug-likeness (QED) is 0.344. The van der Waals surface area contributed by atoms with Crippen LogP contribution in [0.1, 0.15) is 74.8 Å². The Labute approximate surface area is 184 Å². The highest BCUT2D eigenvalue weighted by atomic mass is 28.3. The number of rotatable bonds is 10. The Kier molecular flexibility index (Phi) is 8.58. The molecule has 0 heterocycles. The smallest absolute Gasteiger partial charge is 0.119 e. The number of ether oxygens (including phenoxy) is 1. The molecule has 0 radical (unpaired) electrons. The van der Waals surface area contributed by atoms with E-state index in [0.29, 0.717) is 18.9 Å². The zero-order chi connectivity index (χ0) is 21.4. The minimum Gasteiger partial charge on any atom is -0.494 e. The van der Waals surface area contributed by atoms with E-state index in [1.165, 1.54) is 50.1 Å². The number of benzene rings is 2. The van der Waals surface area contributed by atoms with Crippen LogP contribution in [-0.4, -0.2) is 26.4 Å². The van der Waals surface area contributed by atoms with Gasteiger partial charge in [-0.3, -0.25) is 0 Å². The molecule has 0 aromatic heterocycles. The Morgan fingerprint density at radius 2 is 1.37 bits per heavy atom. The first-order valence-electron chi connectivity index (χ1n) is 12.0. The van der Waals surface area contributed by atoms with Gasteiger partial charge < -0.3 is 9.84 Å². The Hall–Kier alpha value is -1.58. The van der Waals surface area contributed by atoms with Gasteiger partial charge in [0, 0.05) is 13.0 Å². The lowest BCUT2D eigenvalue weighted by Gasteiger charge is -2.30. The van der Waals surface area contributed by atoms with Crippen LogP contribution >= 0.6 is 0 Å². The highest BCUT2D eigenvalue weighted by Gasteiger charge is 2.25. The molecule has 3 rings (SSSR count). The molecular formula is C27H40O2Si. The van der Waals surface area contributed by atoms with Gasteiger partial charge in [0.25, 0.3) is 0 Å². The van der Waals surface area contributed by atoms with E-state index in [-0.39, 0.29) is 6.61 Å².